The Morgan fingerprint density at radius 2 is 2.32 bits per heavy atom. The normalized spacial score (nSPS) is 18.0. The van der Waals surface area contributed by atoms with E-state index in [1.165, 1.54) is 0 Å². The number of nitrogens with one attached hydrogen (secondary N) is 2. The maximum atomic E-state index is 5.70. The fraction of sp³-hybridized carbons (Fsp3) is 0.500. The van der Waals surface area contributed by atoms with Crippen molar-refractivity contribution in [2.45, 2.75) is 38.7 Å². The highest BCUT2D eigenvalue weighted by molar-refractivity contribution is 7.80. The largest absolute Gasteiger partial charge is 0.440 e. The molecule has 1 aliphatic heterocycles. The number of hydrogen-bond acceptors (Lipinski definition) is 4. The second-order valence-corrected chi connectivity index (χ2v) is 6.27. The molecule has 1 aromatic heterocycles. The predicted octanol–water partition coefficient (Wildman–Crippen LogP) is 3.42. The van der Waals surface area contributed by atoms with E-state index in [-0.39, 0.29) is 12.0 Å². The number of rotatable bonds is 4. The lowest BCUT2D eigenvalue weighted by Gasteiger charge is -2.13. The summed E-state index contributed by atoms with van der Waals surface area (Å²) in [6.07, 6.45) is 2.50. The van der Waals surface area contributed by atoms with Crippen LogP contribution in [0, 0.1) is 0 Å². The molecule has 5 nitrogen and oxygen atoms in total. The Balaban J connectivity index is 1.61. The van der Waals surface area contributed by atoms with Crippen LogP contribution in [0.5, 0.6) is 0 Å². The van der Waals surface area contributed by atoms with Crippen LogP contribution in [-0.4, -0.2) is 29.4 Å². The van der Waals surface area contributed by atoms with Gasteiger partial charge in [-0.3, -0.25) is 0 Å². The molecule has 1 saturated heterocycles. The molecule has 2 heterocycles. The van der Waals surface area contributed by atoms with E-state index in [0.29, 0.717) is 5.11 Å². The maximum Gasteiger partial charge on any atom is 0.198 e. The number of nitrogens with zero attached hydrogens (tertiary/aromatic N) is 1. The molecule has 1 atom stereocenters. The van der Waals surface area contributed by atoms with Gasteiger partial charge in [0.25, 0.3) is 0 Å². The van der Waals surface area contributed by atoms with Crippen LogP contribution in [0.4, 0.5) is 5.69 Å². The molecule has 22 heavy (non-hydrogen) atoms. The molecule has 1 aromatic carbocycles. The quantitative estimate of drug-likeness (QED) is 0.842. The molecule has 0 saturated carbocycles. The van der Waals surface area contributed by atoms with Gasteiger partial charge in [0.05, 0.1) is 6.10 Å². The average molecular weight is 319 g/mol. The monoisotopic (exact) mass is 319 g/mol. The Kier molecular flexibility index (Phi) is 4.59. The highest BCUT2D eigenvalue weighted by atomic mass is 32.1. The Morgan fingerprint density at radius 3 is 3.05 bits per heavy atom. The summed E-state index contributed by atoms with van der Waals surface area (Å²) in [5.41, 5.74) is 2.55. The van der Waals surface area contributed by atoms with Crippen molar-refractivity contribution in [3.8, 4) is 0 Å². The molecule has 0 radical (unpaired) electrons. The molecule has 0 bridgehead atoms. The van der Waals surface area contributed by atoms with Crippen LogP contribution in [0.3, 0.4) is 0 Å². The number of thiocarbonyl (C=S) groups is 1. The summed E-state index contributed by atoms with van der Waals surface area (Å²) in [5.74, 6) is 1.03. The minimum absolute atomic E-state index is 0.270. The molecule has 0 unspecified atom stereocenters. The first-order chi connectivity index (χ1) is 10.6. The van der Waals surface area contributed by atoms with Crippen molar-refractivity contribution in [3.63, 3.8) is 0 Å². The predicted molar refractivity (Wildman–Crippen MR) is 91.3 cm³/mol. The molecule has 0 amide bonds. The Bertz CT molecular complexity index is 662. The van der Waals surface area contributed by atoms with E-state index in [2.05, 4.69) is 29.5 Å². The summed E-state index contributed by atoms with van der Waals surface area (Å²) < 4.78 is 11.3. The van der Waals surface area contributed by atoms with Gasteiger partial charge in [-0.1, -0.05) is 13.8 Å². The zero-order valence-corrected chi connectivity index (χ0v) is 13.7. The molecule has 0 spiro atoms. The number of hydrogen-bond donors (Lipinski definition) is 2. The minimum atomic E-state index is 0.270. The summed E-state index contributed by atoms with van der Waals surface area (Å²) in [4.78, 5) is 4.50. The Labute approximate surface area is 135 Å². The lowest BCUT2D eigenvalue weighted by Crippen LogP contribution is -2.34. The number of aromatic nitrogens is 1. The van der Waals surface area contributed by atoms with Gasteiger partial charge in [0.1, 0.15) is 5.52 Å². The van der Waals surface area contributed by atoms with E-state index in [0.717, 1.165) is 48.7 Å². The van der Waals surface area contributed by atoms with Crippen molar-refractivity contribution in [2.24, 2.45) is 0 Å². The zero-order chi connectivity index (χ0) is 15.5. The van der Waals surface area contributed by atoms with Crippen molar-refractivity contribution in [3.05, 3.63) is 24.1 Å². The Hall–Kier alpha value is -1.66. The molecule has 0 aliphatic carbocycles. The van der Waals surface area contributed by atoms with Gasteiger partial charge in [0.15, 0.2) is 16.6 Å². The third kappa shape index (κ3) is 3.56. The number of anilines is 1. The van der Waals surface area contributed by atoms with Gasteiger partial charge in [0.2, 0.25) is 0 Å². The smallest absolute Gasteiger partial charge is 0.198 e. The van der Waals surface area contributed by atoms with Crippen LogP contribution in [0.25, 0.3) is 11.1 Å². The second kappa shape index (κ2) is 6.62. The van der Waals surface area contributed by atoms with Crippen LogP contribution in [0.1, 0.15) is 38.5 Å². The maximum absolute atomic E-state index is 5.70. The van der Waals surface area contributed by atoms with Crippen LogP contribution >= 0.6 is 12.2 Å². The van der Waals surface area contributed by atoms with Gasteiger partial charge in [-0.05, 0) is 43.3 Å². The summed E-state index contributed by atoms with van der Waals surface area (Å²) in [6.45, 7) is 5.73. The van der Waals surface area contributed by atoms with Crippen LogP contribution < -0.4 is 10.6 Å². The molecular weight excluding hydrogens is 298 g/mol. The van der Waals surface area contributed by atoms with Gasteiger partial charge < -0.3 is 19.8 Å². The standard InChI is InChI=1S/C16H21N3O2S/c1-10(2)15-19-13-8-11(5-6-14(13)21-15)18-16(22)17-9-12-4-3-7-20-12/h5-6,8,10,12H,3-4,7,9H2,1-2H3,(H2,17,18,22)/t12-/m1/s1. The van der Waals surface area contributed by atoms with E-state index in [1.807, 2.05) is 18.2 Å². The van der Waals surface area contributed by atoms with E-state index in [9.17, 15) is 0 Å². The van der Waals surface area contributed by atoms with Crippen LogP contribution in [0.2, 0.25) is 0 Å². The van der Waals surface area contributed by atoms with Crippen molar-refractivity contribution >= 4 is 34.1 Å². The SMILES string of the molecule is CC(C)c1nc2cc(NC(=S)NC[C@H]3CCCO3)ccc2o1. The lowest BCUT2D eigenvalue weighted by atomic mass is 10.2. The fourth-order valence-electron chi connectivity index (χ4n) is 2.46. The van der Waals surface area contributed by atoms with E-state index in [1.54, 1.807) is 0 Å². The van der Waals surface area contributed by atoms with E-state index < -0.39 is 0 Å². The summed E-state index contributed by atoms with van der Waals surface area (Å²) in [6, 6.07) is 5.81. The highest BCUT2D eigenvalue weighted by Gasteiger charge is 2.15. The summed E-state index contributed by atoms with van der Waals surface area (Å²) in [5, 5.41) is 6.98. The number of fused-ring (bicyclic) bond motifs is 1. The topological polar surface area (TPSA) is 59.3 Å². The summed E-state index contributed by atoms with van der Waals surface area (Å²) in [7, 11) is 0. The first-order valence-corrected chi connectivity index (χ1v) is 8.09. The molecule has 2 aromatic rings. The molecule has 1 fully saturated rings. The van der Waals surface area contributed by atoms with Crippen LogP contribution in [-0.2, 0) is 4.74 Å². The molecular formula is C16H21N3O2S. The van der Waals surface area contributed by atoms with Gasteiger partial charge >= 0.3 is 0 Å². The molecule has 2 N–H and O–H groups in total. The van der Waals surface area contributed by atoms with Gasteiger partial charge in [-0.2, -0.15) is 0 Å². The lowest BCUT2D eigenvalue weighted by molar-refractivity contribution is 0.114. The molecule has 6 heteroatoms. The van der Waals surface area contributed by atoms with Crippen molar-refractivity contribution in [1.82, 2.24) is 10.3 Å². The van der Waals surface area contributed by atoms with Crippen LogP contribution in [0.15, 0.2) is 22.6 Å². The van der Waals surface area contributed by atoms with E-state index >= 15 is 0 Å². The molecule has 3 rings (SSSR count). The first kappa shape index (κ1) is 15.2. The van der Waals surface area contributed by atoms with Crippen molar-refractivity contribution in [2.75, 3.05) is 18.5 Å². The minimum Gasteiger partial charge on any atom is -0.440 e. The van der Waals surface area contributed by atoms with Crippen molar-refractivity contribution in [1.29, 1.82) is 0 Å². The number of benzene rings is 1. The number of ether oxygens (including phenoxy) is 1. The van der Waals surface area contributed by atoms with Gasteiger partial charge in [-0.15, -0.1) is 0 Å². The van der Waals surface area contributed by atoms with E-state index in [4.69, 9.17) is 21.4 Å². The average Bonchev–Trinajstić information content (AvgIpc) is 3.14. The van der Waals surface area contributed by atoms with Gasteiger partial charge in [-0.25, -0.2) is 4.98 Å². The van der Waals surface area contributed by atoms with Gasteiger partial charge in [0, 0.05) is 24.8 Å². The fourth-order valence-corrected chi connectivity index (χ4v) is 2.66. The second-order valence-electron chi connectivity index (χ2n) is 5.86. The third-order valence-corrected chi connectivity index (χ3v) is 3.92. The Morgan fingerprint density at radius 1 is 1.45 bits per heavy atom. The highest BCUT2D eigenvalue weighted by Crippen LogP contribution is 2.23. The van der Waals surface area contributed by atoms with Crippen molar-refractivity contribution < 1.29 is 9.15 Å². The summed E-state index contributed by atoms with van der Waals surface area (Å²) >= 11 is 5.32. The first-order valence-electron chi connectivity index (χ1n) is 7.69. The molecule has 118 valence electrons. The number of oxazole rings is 1. The molecule has 1 aliphatic rings. The zero-order valence-electron chi connectivity index (χ0n) is 12.9. The third-order valence-electron chi connectivity index (χ3n) is 3.67.